The molecule has 0 saturated heterocycles. The Bertz CT molecular complexity index is 1190. The molecule has 0 radical (unpaired) electrons. The molecular formula is C24H20N2. The monoisotopic (exact) mass is 336 g/mol. The van der Waals surface area contributed by atoms with Crippen LogP contribution in [-0.2, 0) is 0 Å². The van der Waals surface area contributed by atoms with Crippen molar-refractivity contribution in [3.8, 4) is 5.69 Å². The van der Waals surface area contributed by atoms with Crippen molar-refractivity contribution in [2.75, 3.05) is 0 Å². The van der Waals surface area contributed by atoms with Crippen LogP contribution < -0.4 is 0 Å². The van der Waals surface area contributed by atoms with E-state index in [0.29, 0.717) is 0 Å². The number of benzene rings is 2. The highest BCUT2D eigenvalue weighted by molar-refractivity contribution is 6.11. The van der Waals surface area contributed by atoms with Gasteiger partial charge in [-0.05, 0) is 23.6 Å². The van der Waals surface area contributed by atoms with Gasteiger partial charge in [0.2, 0.25) is 0 Å². The third-order valence-corrected chi connectivity index (χ3v) is 5.20. The third-order valence-electron chi connectivity index (χ3n) is 5.20. The van der Waals surface area contributed by atoms with E-state index in [-0.39, 0.29) is 5.41 Å². The molecule has 5 rings (SSSR count). The molecule has 0 N–H and O–H groups in total. The fourth-order valence-corrected chi connectivity index (χ4v) is 3.84. The highest BCUT2D eigenvalue weighted by atomic mass is 15.0. The van der Waals surface area contributed by atoms with E-state index < -0.39 is 0 Å². The normalized spacial score (nSPS) is 15.3. The minimum Gasteiger partial charge on any atom is -0.309 e. The number of aromatic nitrogens is 2. The predicted molar refractivity (Wildman–Crippen MR) is 110 cm³/mol. The van der Waals surface area contributed by atoms with Gasteiger partial charge in [0, 0.05) is 39.8 Å². The molecule has 0 bridgehead atoms. The Morgan fingerprint density at radius 3 is 2.42 bits per heavy atom. The van der Waals surface area contributed by atoms with Crippen LogP contribution in [0.4, 0.5) is 0 Å². The summed E-state index contributed by atoms with van der Waals surface area (Å²) in [7, 11) is 0. The van der Waals surface area contributed by atoms with Crippen molar-refractivity contribution < 1.29 is 0 Å². The van der Waals surface area contributed by atoms with Crippen LogP contribution in [0.2, 0.25) is 0 Å². The highest BCUT2D eigenvalue weighted by Gasteiger charge is 2.21. The van der Waals surface area contributed by atoms with Crippen LogP contribution in [0.25, 0.3) is 39.5 Å². The second kappa shape index (κ2) is 5.43. The van der Waals surface area contributed by atoms with E-state index in [1.54, 1.807) is 0 Å². The van der Waals surface area contributed by atoms with Crippen LogP contribution in [0.3, 0.4) is 0 Å². The summed E-state index contributed by atoms with van der Waals surface area (Å²) < 4.78 is 2.37. The zero-order valence-electron chi connectivity index (χ0n) is 15.0. The van der Waals surface area contributed by atoms with Crippen LogP contribution in [-0.4, -0.2) is 9.55 Å². The number of hydrogen-bond acceptors (Lipinski definition) is 1. The van der Waals surface area contributed by atoms with Crippen molar-refractivity contribution in [3.05, 3.63) is 84.3 Å². The van der Waals surface area contributed by atoms with E-state index >= 15 is 0 Å². The largest absolute Gasteiger partial charge is 0.309 e. The molecule has 0 amide bonds. The van der Waals surface area contributed by atoms with Gasteiger partial charge in [-0.1, -0.05) is 68.5 Å². The maximum Gasteiger partial charge on any atom is 0.0619 e. The van der Waals surface area contributed by atoms with E-state index in [9.17, 15) is 0 Å². The van der Waals surface area contributed by atoms with E-state index in [2.05, 4.69) is 96.2 Å². The molecule has 2 heterocycles. The molecule has 0 unspecified atom stereocenters. The van der Waals surface area contributed by atoms with Crippen molar-refractivity contribution in [1.82, 2.24) is 9.55 Å². The van der Waals surface area contributed by atoms with Gasteiger partial charge in [-0.3, -0.25) is 4.98 Å². The summed E-state index contributed by atoms with van der Waals surface area (Å²) in [5, 5.41) is 3.82. The van der Waals surface area contributed by atoms with Crippen molar-refractivity contribution >= 4 is 33.8 Å². The molecule has 0 fully saturated rings. The second-order valence-corrected chi connectivity index (χ2v) is 7.51. The van der Waals surface area contributed by atoms with Crippen molar-refractivity contribution in [1.29, 1.82) is 0 Å². The fourth-order valence-electron chi connectivity index (χ4n) is 3.84. The van der Waals surface area contributed by atoms with E-state index in [0.717, 1.165) is 5.69 Å². The molecule has 0 spiro atoms. The average molecular weight is 336 g/mol. The Kier molecular flexibility index (Phi) is 3.17. The van der Waals surface area contributed by atoms with E-state index in [1.807, 2.05) is 12.4 Å². The van der Waals surface area contributed by atoms with Crippen LogP contribution >= 0.6 is 0 Å². The topological polar surface area (TPSA) is 17.8 Å². The molecular weight excluding hydrogens is 316 g/mol. The molecule has 2 aromatic carbocycles. The number of nitrogens with zero attached hydrogens (tertiary/aromatic N) is 2. The minimum absolute atomic E-state index is 0.0469. The summed E-state index contributed by atoms with van der Waals surface area (Å²) >= 11 is 0. The van der Waals surface area contributed by atoms with Crippen LogP contribution in [0.5, 0.6) is 0 Å². The molecule has 0 atom stereocenters. The third kappa shape index (κ3) is 2.22. The summed E-state index contributed by atoms with van der Waals surface area (Å²) in [5.41, 5.74) is 4.95. The summed E-state index contributed by atoms with van der Waals surface area (Å²) in [5.74, 6) is 0. The van der Waals surface area contributed by atoms with Gasteiger partial charge in [-0.15, -0.1) is 0 Å². The van der Waals surface area contributed by atoms with Crippen molar-refractivity contribution in [3.63, 3.8) is 0 Å². The average Bonchev–Trinajstić information content (AvgIpc) is 2.90. The lowest BCUT2D eigenvalue weighted by atomic mass is 9.93. The summed E-state index contributed by atoms with van der Waals surface area (Å²) in [6, 6.07) is 17.2. The second-order valence-electron chi connectivity index (χ2n) is 7.51. The molecule has 2 aromatic heterocycles. The zero-order chi connectivity index (χ0) is 17.7. The van der Waals surface area contributed by atoms with E-state index in [1.165, 1.54) is 32.9 Å². The molecule has 2 nitrogen and oxygen atoms in total. The molecule has 1 aliphatic rings. The standard InChI is InChI=1S/C24H20N2/c1-24(2)13-9-20-21-8-7-17-5-3-4-6-19(17)23(21)26(22(20)10-14-24)18-11-15-25-16-12-18/h3-16H,1-2H3. The first-order chi connectivity index (χ1) is 12.6. The minimum atomic E-state index is 0.0469. The maximum atomic E-state index is 4.21. The van der Waals surface area contributed by atoms with Gasteiger partial charge < -0.3 is 4.57 Å². The van der Waals surface area contributed by atoms with Crippen molar-refractivity contribution in [2.45, 2.75) is 13.8 Å². The molecule has 2 heteroatoms. The summed E-state index contributed by atoms with van der Waals surface area (Å²) in [6.07, 6.45) is 12.8. The first-order valence-corrected chi connectivity index (χ1v) is 8.99. The lowest BCUT2D eigenvalue weighted by Gasteiger charge is -2.13. The number of pyridine rings is 1. The van der Waals surface area contributed by atoms with Crippen LogP contribution in [0, 0.1) is 5.41 Å². The number of allylic oxidation sites excluding steroid dienone is 2. The van der Waals surface area contributed by atoms with Crippen LogP contribution in [0.1, 0.15) is 25.1 Å². The quantitative estimate of drug-likeness (QED) is 0.402. The van der Waals surface area contributed by atoms with Gasteiger partial charge >= 0.3 is 0 Å². The fraction of sp³-hybridized carbons (Fsp3) is 0.125. The number of fused-ring (bicyclic) bond motifs is 5. The van der Waals surface area contributed by atoms with Crippen LogP contribution in [0.15, 0.2) is 73.1 Å². The van der Waals surface area contributed by atoms with Gasteiger partial charge in [-0.2, -0.15) is 0 Å². The Balaban J connectivity index is 1.99. The molecule has 0 saturated carbocycles. The number of rotatable bonds is 1. The maximum absolute atomic E-state index is 4.21. The lowest BCUT2D eigenvalue weighted by Crippen LogP contribution is -2.01. The molecule has 1 aliphatic carbocycles. The zero-order valence-corrected chi connectivity index (χ0v) is 15.0. The van der Waals surface area contributed by atoms with Gasteiger partial charge in [-0.25, -0.2) is 0 Å². The lowest BCUT2D eigenvalue weighted by molar-refractivity contribution is 0.633. The predicted octanol–water partition coefficient (Wildman–Crippen LogP) is 6.24. The summed E-state index contributed by atoms with van der Waals surface area (Å²) in [4.78, 5) is 4.21. The van der Waals surface area contributed by atoms with E-state index in [4.69, 9.17) is 0 Å². The van der Waals surface area contributed by atoms with Gasteiger partial charge in [0.25, 0.3) is 0 Å². The highest BCUT2D eigenvalue weighted by Crippen LogP contribution is 2.39. The Labute approximate surface area is 153 Å². The molecule has 0 aliphatic heterocycles. The van der Waals surface area contributed by atoms with Gasteiger partial charge in [0.1, 0.15) is 0 Å². The SMILES string of the molecule is CC1(C)C=Cc2c(n(-c3ccncc3)c3c2ccc2ccccc23)C=C1. The molecule has 26 heavy (non-hydrogen) atoms. The Morgan fingerprint density at radius 1 is 0.808 bits per heavy atom. The Morgan fingerprint density at radius 2 is 1.58 bits per heavy atom. The first-order valence-electron chi connectivity index (χ1n) is 8.99. The van der Waals surface area contributed by atoms with Crippen molar-refractivity contribution in [2.24, 2.45) is 5.41 Å². The first kappa shape index (κ1) is 15.2. The smallest absolute Gasteiger partial charge is 0.0619 e. The Hall–Kier alpha value is -3.13. The van der Waals surface area contributed by atoms with Gasteiger partial charge in [0.15, 0.2) is 0 Å². The van der Waals surface area contributed by atoms with Gasteiger partial charge in [0.05, 0.1) is 11.2 Å². The number of hydrogen-bond donors (Lipinski definition) is 0. The molecule has 126 valence electrons. The molecule has 4 aromatic rings. The summed E-state index contributed by atoms with van der Waals surface area (Å²) in [6.45, 7) is 4.47.